The molecule has 0 fully saturated rings. The fraction of sp³-hybridized carbons (Fsp3) is 0.200. The first-order valence-corrected chi connectivity index (χ1v) is 3.44. The van der Waals surface area contributed by atoms with Gasteiger partial charge >= 0.3 is 11.9 Å². The number of thiazole rings is 1. The van der Waals surface area contributed by atoms with Crippen molar-refractivity contribution < 1.29 is 18.7 Å². The molecule has 1 aromatic rings. The molecule has 0 aliphatic carbocycles. The highest BCUT2D eigenvalue weighted by Gasteiger charge is 2.43. The average molecular weight is 179 g/mol. The van der Waals surface area contributed by atoms with Gasteiger partial charge in [-0.25, -0.2) is 9.78 Å². The maximum atomic E-state index is 12.5. The Hall–Kier alpha value is -1.04. The van der Waals surface area contributed by atoms with E-state index in [2.05, 4.69) is 4.98 Å². The minimum Gasteiger partial charge on any atom is -0.476 e. The normalized spacial score (nSPS) is 11.5. The second-order valence-electron chi connectivity index (χ2n) is 1.72. The van der Waals surface area contributed by atoms with Gasteiger partial charge in [0.25, 0.3) is 0 Å². The first-order chi connectivity index (χ1) is 5.05. The van der Waals surface area contributed by atoms with Gasteiger partial charge in [-0.3, -0.25) is 0 Å². The largest absolute Gasteiger partial charge is 0.476 e. The van der Waals surface area contributed by atoms with Gasteiger partial charge in [0.15, 0.2) is 5.01 Å². The van der Waals surface area contributed by atoms with Crippen LogP contribution in [0.4, 0.5) is 8.78 Å². The first kappa shape index (κ1) is 8.06. The molecule has 6 heteroatoms. The van der Waals surface area contributed by atoms with E-state index in [1.165, 1.54) is 5.38 Å². The molecule has 0 atom stereocenters. The molecular weight excluding hydrogens is 176 g/mol. The molecule has 0 aliphatic rings. The van der Waals surface area contributed by atoms with Crippen LogP contribution in [0.15, 0.2) is 11.6 Å². The van der Waals surface area contributed by atoms with Crippen molar-refractivity contribution in [3.63, 3.8) is 0 Å². The van der Waals surface area contributed by atoms with Crippen LogP contribution >= 0.6 is 11.3 Å². The summed E-state index contributed by atoms with van der Waals surface area (Å²) in [5.41, 5.74) is 0. The maximum absolute atomic E-state index is 12.5. The summed E-state index contributed by atoms with van der Waals surface area (Å²) in [6, 6.07) is 0. The SMILES string of the molecule is O=C(O)C(F)(F)c1nccs1. The minimum absolute atomic E-state index is 0.616. The fourth-order valence-corrected chi connectivity index (χ4v) is 1.08. The van der Waals surface area contributed by atoms with Crippen LogP contribution in [0.1, 0.15) is 5.01 Å². The number of carbonyl (C=O) groups is 1. The number of alkyl halides is 2. The lowest BCUT2D eigenvalue weighted by molar-refractivity contribution is -0.166. The van der Waals surface area contributed by atoms with Gasteiger partial charge in [0.1, 0.15) is 0 Å². The summed E-state index contributed by atoms with van der Waals surface area (Å²) in [6.45, 7) is 0. The third-order valence-corrected chi connectivity index (χ3v) is 1.81. The summed E-state index contributed by atoms with van der Waals surface area (Å²) >= 11 is 0.616. The summed E-state index contributed by atoms with van der Waals surface area (Å²) in [4.78, 5) is 13.1. The monoisotopic (exact) mass is 179 g/mol. The average Bonchev–Trinajstić information content (AvgIpc) is 2.37. The van der Waals surface area contributed by atoms with Crippen LogP contribution in [-0.2, 0) is 10.7 Å². The zero-order chi connectivity index (χ0) is 8.48. The van der Waals surface area contributed by atoms with Crippen LogP contribution in [0.5, 0.6) is 0 Å². The van der Waals surface area contributed by atoms with Crippen molar-refractivity contribution >= 4 is 17.3 Å². The number of rotatable bonds is 2. The van der Waals surface area contributed by atoms with E-state index in [9.17, 15) is 13.6 Å². The van der Waals surface area contributed by atoms with Gasteiger partial charge in [-0.05, 0) is 0 Å². The Morgan fingerprint density at radius 1 is 1.73 bits per heavy atom. The van der Waals surface area contributed by atoms with Gasteiger partial charge in [0.2, 0.25) is 0 Å². The Kier molecular flexibility index (Phi) is 1.86. The van der Waals surface area contributed by atoms with Crippen LogP contribution < -0.4 is 0 Å². The van der Waals surface area contributed by atoms with Crippen LogP contribution in [0, 0.1) is 0 Å². The fourth-order valence-electron chi connectivity index (χ4n) is 0.470. The molecular formula is C5H3F2NO2S. The van der Waals surface area contributed by atoms with Crippen molar-refractivity contribution in [2.45, 2.75) is 5.92 Å². The molecule has 1 aromatic heterocycles. The molecule has 0 aliphatic heterocycles. The molecule has 0 saturated carbocycles. The van der Waals surface area contributed by atoms with Gasteiger partial charge in [0, 0.05) is 11.6 Å². The third kappa shape index (κ3) is 1.35. The van der Waals surface area contributed by atoms with Gasteiger partial charge < -0.3 is 5.11 Å². The van der Waals surface area contributed by atoms with E-state index in [0.717, 1.165) is 6.20 Å². The molecule has 11 heavy (non-hydrogen) atoms. The van der Waals surface area contributed by atoms with Crippen LogP contribution in [0.2, 0.25) is 0 Å². The van der Waals surface area contributed by atoms with Crippen LogP contribution in [-0.4, -0.2) is 16.1 Å². The number of hydrogen-bond acceptors (Lipinski definition) is 3. The molecule has 3 nitrogen and oxygen atoms in total. The van der Waals surface area contributed by atoms with Crippen molar-refractivity contribution in [3.05, 3.63) is 16.6 Å². The highest BCUT2D eigenvalue weighted by Crippen LogP contribution is 2.29. The summed E-state index contributed by atoms with van der Waals surface area (Å²) in [6.07, 6.45) is 1.14. The number of aliphatic carboxylic acids is 1. The zero-order valence-electron chi connectivity index (χ0n) is 5.12. The Morgan fingerprint density at radius 3 is 2.73 bits per heavy atom. The van der Waals surface area contributed by atoms with Gasteiger partial charge in [-0.2, -0.15) is 8.78 Å². The lowest BCUT2D eigenvalue weighted by Crippen LogP contribution is -2.24. The smallest absolute Gasteiger partial charge is 0.393 e. The number of carboxylic acids is 1. The van der Waals surface area contributed by atoms with E-state index in [4.69, 9.17) is 5.11 Å². The molecule has 0 spiro atoms. The van der Waals surface area contributed by atoms with E-state index >= 15 is 0 Å². The van der Waals surface area contributed by atoms with Gasteiger partial charge in [-0.1, -0.05) is 0 Å². The van der Waals surface area contributed by atoms with Gasteiger partial charge in [-0.15, -0.1) is 11.3 Å². The Bertz CT molecular complexity index is 259. The number of halogens is 2. The third-order valence-electron chi connectivity index (χ3n) is 0.970. The predicted octanol–water partition coefficient (Wildman–Crippen LogP) is 1.32. The number of nitrogens with zero attached hydrogens (tertiary/aromatic N) is 1. The Balaban J connectivity index is 3.00. The van der Waals surface area contributed by atoms with Gasteiger partial charge in [0.05, 0.1) is 0 Å². The number of aromatic nitrogens is 1. The van der Waals surface area contributed by atoms with Crippen molar-refractivity contribution in [2.24, 2.45) is 0 Å². The van der Waals surface area contributed by atoms with Crippen molar-refractivity contribution in [3.8, 4) is 0 Å². The van der Waals surface area contributed by atoms with E-state index in [0.29, 0.717) is 11.3 Å². The van der Waals surface area contributed by atoms with Crippen molar-refractivity contribution in [1.82, 2.24) is 4.98 Å². The summed E-state index contributed by atoms with van der Waals surface area (Å²) in [5, 5.41) is 8.64. The van der Waals surface area contributed by atoms with E-state index in [1.54, 1.807) is 0 Å². The second-order valence-corrected chi connectivity index (χ2v) is 2.61. The highest BCUT2D eigenvalue weighted by atomic mass is 32.1. The van der Waals surface area contributed by atoms with Crippen molar-refractivity contribution in [1.29, 1.82) is 0 Å². The number of hydrogen-bond donors (Lipinski definition) is 1. The molecule has 0 bridgehead atoms. The maximum Gasteiger partial charge on any atom is 0.393 e. The topological polar surface area (TPSA) is 50.2 Å². The van der Waals surface area contributed by atoms with Crippen LogP contribution in [0.3, 0.4) is 0 Å². The molecule has 1 heterocycles. The van der Waals surface area contributed by atoms with E-state index in [1.807, 2.05) is 0 Å². The molecule has 1 N–H and O–H groups in total. The highest BCUT2D eigenvalue weighted by molar-refractivity contribution is 7.09. The second kappa shape index (κ2) is 2.54. The first-order valence-electron chi connectivity index (χ1n) is 2.56. The molecule has 0 amide bonds. The number of carboxylic acid groups (broad SMARTS) is 1. The minimum atomic E-state index is -3.85. The quantitative estimate of drug-likeness (QED) is 0.744. The molecule has 0 unspecified atom stereocenters. The Labute approximate surface area is 64.3 Å². The molecule has 1 rings (SSSR count). The lowest BCUT2D eigenvalue weighted by atomic mass is 10.4. The summed E-state index contributed by atoms with van der Waals surface area (Å²) in [5.74, 6) is -6.03. The molecule has 0 saturated heterocycles. The standard InChI is InChI=1S/C5H3F2NO2S/c6-5(7,4(9)10)3-8-1-2-11-3/h1-2H,(H,9,10). The molecule has 0 radical (unpaired) electrons. The summed E-state index contributed by atoms with van der Waals surface area (Å²) in [7, 11) is 0. The van der Waals surface area contributed by atoms with E-state index in [-0.39, 0.29) is 0 Å². The lowest BCUT2D eigenvalue weighted by Gasteiger charge is -2.05. The molecule has 60 valence electrons. The predicted molar refractivity (Wildman–Crippen MR) is 33.6 cm³/mol. The summed E-state index contributed by atoms with van der Waals surface area (Å²) < 4.78 is 24.9. The van der Waals surface area contributed by atoms with Crippen molar-refractivity contribution in [2.75, 3.05) is 0 Å². The molecule has 0 aromatic carbocycles. The van der Waals surface area contributed by atoms with E-state index < -0.39 is 16.9 Å². The zero-order valence-corrected chi connectivity index (χ0v) is 5.94. The van der Waals surface area contributed by atoms with Crippen LogP contribution in [0.25, 0.3) is 0 Å². The Morgan fingerprint density at radius 2 is 2.36 bits per heavy atom.